The smallest absolute Gasteiger partial charge is 0.0402 e. The van der Waals surface area contributed by atoms with Crippen LogP contribution in [0.5, 0.6) is 0 Å². The Morgan fingerprint density at radius 2 is 2.11 bits per heavy atom. The fourth-order valence-electron chi connectivity index (χ4n) is 0.360. The molecule has 0 aromatic carbocycles. The van der Waals surface area contributed by atoms with Crippen LogP contribution in [0.15, 0.2) is 35.4 Å². The molecule has 0 saturated heterocycles. The van der Waals surface area contributed by atoms with Crippen LogP contribution in [0.25, 0.3) is 0 Å². The molecule has 0 aromatic heterocycles. The van der Waals surface area contributed by atoms with Gasteiger partial charge in [-0.25, -0.2) is 0 Å². The fraction of sp³-hybridized carbons (Fsp3) is 0.250. The van der Waals surface area contributed by atoms with Gasteiger partial charge in [0.25, 0.3) is 0 Å². The van der Waals surface area contributed by atoms with Gasteiger partial charge in [-0.1, -0.05) is 35.9 Å². The Hall–Kier alpha value is -0.490. The van der Waals surface area contributed by atoms with Crippen molar-refractivity contribution >= 4 is 11.6 Å². The molecule has 0 unspecified atom stereocenters. The minimum atomic E-state index is 0.686. The first kappa shape index (κ1) is 8.51. The van der Waals surface area contributed by atoms with E-state index in [9.17, 15) is 0 Å². The minimum Gasteiger partial charge on any atom is -0.0976 e. The van der Waals surface area contributed by atoms with Gasteiger partial charge in [0.1, 0.15) is 0 Å². The molecule has 0 heterocycles. The molecule has 50 valence electrons. The lowest BCUT2D eigenvalue weighted by Gasteiger charge is -1.88. The highest BCUT2D eigenvalue weighted by molar-refractivity contribution is 6.31. The van der Waals surface area contributed by atoms with E-state index in [1.165, 1.54) is 0 Å². The van der Waals surface area contributed by atoms with Crippen LogP contribution in [0.4, 0.5) is 0 Å². The molecule has 0 aliphatic carbocycles. The number of halogens is 1. The molecule has 0 N–H and O–H groups in total. The molecule has 9 heavy (non-hydrogen) atoms. The summed E-state index contributed by atoms with van der Waals surface area (Å²) in [5, 5.41) is 0.686. The molecule has 1 heteroatoms. The van der Waals surface area contributed by atoms with E-state index < -0.39 is 0 Å². The van der Waals surface area contributed by atoms with Crippen LogP contribution in [-0.4, -0.2) is 0 Å². The molecule has 0 aliphatic rings. The normalized spacial score (nSPS) is 13.7. The van der Waals surface area contributed by atoms with E-state index in [0.717, 1.165) is 5.57 Å². The van der Waals surface area contributed by atoms with Gasteiger partial charge in [-0.2, -0.15) is 0 Å². The maximum Gasteiger partial charge on any atom is 0.0402 e. The number of hydrogen-bond donors (Lipinski definition) is 0. The summed E-state index contributed by atoms with van der Waals surface area (Å²) < 4.78 is 0. The Balaban J connectivity index is 4.11. The van der Waals surface area contributed by atoms with Gasteiger partial charge in [-0.05, 0) is 19.9 Å². The maximum atomic E-state index is 5.64. The molecule has 0 radical (unpaired) electrons. The van der Waals surface area contributed by atoms with Gasteiger partial charge in [-0.3, -0.25) is 0 Å². The van der Waals surface area contributed by atoms with Crippen LogP contribution >= 0.6 is 11.6 Å². The quantitative estimate of drug-likeness (QED) is 0.520. The van der Waals surface area contributed by atoms with E-state index >= 15 is 0 Å². The van der Waals surface area contributed by atoms with Crippen molar-refractivity contribution in [3.63, 3.8) is 0 Å². The second-order valence-electron chi connectivity index (χ2n) is 1.77. The lowest BCUT2D eigenvalue weighted by Crippen LogP contribution is -1.66. The molecule has 0 fully saturated rings. The van der Waals surface area contributed by atoms with E-state index in [1.807, 2.05) is 26.0 Å². The summed E-state index contributed by atoms with van der Waals surface area (Å²) in [5.74, 6) is 0. The van der Waals surface area contributed by atoms with Crippen molar-refractivity contribution in [2.75, 3.05) is 0 Å². The highest BCUT2D eigenvalue weighted by atomic mass is 35.5. The zero-order chi connectivity index (χ0) is 7.28. The van der Waals surface area contributed by atoms with E-state index in [1.54, 1.807) is 6.08 Å². The van der Waals surface area contributed by atoms with Gasteiger partial charge in [-0.15, -0.1) is 0 Å². The summed E-state index contributed by atoms with van der Waals surface area (Å²) in [7, 11) is 0. The fourth-order valence-corrected chi connectivity index (χ4v) is 0.532. The molecule has 0 aliphatic heterocycles. The molecule has 0 saturated carbocycles. The van der Waals surface area contributed by atoms with Gasteiger partial charge < -0.3 is 0 Å². The van der Waals surface area contributed by atoms with Crippen molar-refractivity contribution in [1.82, 2.24) is 0 Å². The number of hydrogen-bond acceptors (Lipinski definition) is 0. The highest BCUT2D eigenvalue weighted by Crippen LogP contribution is 2.06. The summed E-state index contributed by atoms with van der Waals surface area (Å²) in [6.07, 6.45) is 5.48. The van der Waals surface area contributed by atoms with Gasteiger partial charge in [0.15, 0.2) is 0 Å². The average Bonchev–Trinajstić information content (AvgIpc) is 1.87. The molecule has 0 bridgehead atoms. The third-order valence-electron chi connectivity index (χ3n) is 1.02. The molecule has 0 atom stereocenters. The first-order chi connectivity index (χ1) is 4.20. The van der Waals surface area contributed by atoms with Gasteiger partial charge in [0.05, 0.1) is 0 Å². The predicted octanol–water partition coefficient (Wildman–Crippen LogP) is 3.26. The monoisotopic (exact) mass is 142 g/mol. The van der Waals surface area contributed by atoms with Crippen LogP contribution in [0.3, 0.4) is 0 Å². The van der Waals surface area contributed by atoms with E-state index in [0.29, 0.717) is 5.03 Å². The second-order valence-corrected chi connectivity index (χ2v) is 2.20. The predicted molar refractivity (Wildman–Crippen MR) is 43.6 cm³/mol. The Kier molecular flexibility index (Phi) is 4.16. The van der Waals surface area contributed by atoms with Crippen LogP contribution < -0.4 is 0 Å². The minimum absolute atomic E-state index is 0.686. The number of rotatable bonds is 2. The second kappa shape index (κ2) is 4.39. The van der Waals surface area contributed by atoms with Gasteiger partial charge in [0.2, 0.25) is 0 Å². The van der Waals surface area contributed by atoms with E-state index in [-0.39, 0.29) is 0 Å². The van der Waals surface area contributed by atoms with Crippen LogP contribution in [0, 0.1) is 0 Å². The topological polar surface area (TPSA) is 0 Å². The molecule has 0 aromatic rings. The zero-order valence-electron chi connectivity index (χ0n) is 5.82. The molecule has 0 spiro atoms. The van der Waals surface area contributed by atoms with E-state index in [4.69, 9.17) is 11.6 Å². The summed E-state index contributed by atoms with van der Waals surface area (Å²) in [6, 6.07) is 0. The molecular weight excluding hydrogens is 132 g/mol. The lowest BCUT2D eigenvalue weighted by molar-refractivity contribution is 1.47. The highest BCUT2D eigenvalue weighted by Gasteiger charge is 1.82. The number of allylic oxidation sites excluding steroid dienone is 5. The van der Waals surface area contributed by atoms with Crippen LogP contribution in [-0.2, 0) is 0 Å². The van der Waals surface area contributed by atoms with Crippen molar-refractivity contribution in [3.05, 3.63) is 35.4 Å². The van der Waals surface area contributed by atoms with Gasteiger partial charge >= 0.3 is 0 Å². The summed E-state index contributed by atoms with van der Waals surface area (Å²) in [4.78, 5) is 0. The molecule has 0 amide bonds. The Labute approximate surface area is 61.5 Å². The van der Waals surface area contributed by atoms with E-state index in [2.05, 4.69) is 6.58 Å². The molecular formula is C8H11Cl. The maximum absolute atomic E-state index is 5.64. The summed E-state index contributed by atoms with van der Waals surface area (Å²) in [5.41, 5.74) is 1.15. The van der Waals surface area contributed by atoms with Crippen LogP contribution in [0.2, 0.25) is 0 Å². The molecule has 0 rings (SSSR count). The van der Waals surface area contributed by atoms with Crippen LogP contribution in [0.1, 0.15) is 13.8 Å². The Morgan fingerprint density at radius 3 is 2.44 bits per heavy atom. The Morgan fingerprint density at radius 1 is 1.56 bits per heavy atom. The zero-order valence-corrected chi connectivity index (χ0v) is 6.57. The summed E-state index contributed by atoms with van der Waals surface area (Å²) in [6.45, 7) is 7.48. The average molecular weight is 143 g/mol. The summed E-state index contributed by atoms with van der Waals surface area (Å²) >= 11 is 5.64. The van der Waals surface area contributed by atoms with Crippen molar-refractivity contribution in [2.24, 2.45) is 0 Å². The van der Waals surface area contributed by atoms with Crippen molar-refractivity contribution < 1.29 is 0 Å². The first-order valence-corrected chi connectivity index (χ1v) is 3.21. The van der Waals surface area contributed by atoms with Crippen molar-refractivity contribution in [1.29, 1.82) is 0 Å². The lowest BCUT2D eigenvalue weighted by atomic mass is 10.2. The largest absolute Gasteiger partial charge is 0.0976 e. The third-order valence-corrected chi connectivity index (χ3v) is 1.28. The first-order valence-electron chi connectivity index (χ1n) is 2.83. The van der Waals surface area contributed by atoms with Crippen molar-refractivity contribution in [3.8, 4) is 0 Å². The third kappa shape index (κ3) is 4.04. The SMILES string of the molecule is C=C/C(Cl)=C\C(C)=C/C. The molecule has 0 nitrogen and oxygen atoms in total. The van der Waals surface area contributed by atoms with Gasteiger partial charge in [0, 0.05) is 5.03 Å². The Bertz CT molecular complexity index is 152. The van der Waals surface area contributed by atoms with Crippen molar-refractivity contribution in [2.45, 2.75) is 13.8 Å². The standard InChI is InChI=1S/C8H11Cl/c1-4-7(3)6-8(9)5-2/h4-6H,2H2,1,3H3/b7-4-,8-6+.